The van der Waals surface area contributed by atoms with Crippen molar-refractivity contribution < 1.29 is 4.74 Å². The van der Waals surface area contributed by atoms with E-state index < -0.39 is 0 Å². The molecule has 16 heavy (non-hydrogen) atoms. The molecule has 0 heterocycles. The van der Waals surface area contributed by atoms with Crippen molar-refractivity contribution >= 4 is 0 Å². The molecule has 0 radical (unpaired) electrons. The summed E-state index contributed by atoms with van der Waals surface area (Å²) in [6, 6.07) is 6.44. The molecule has 0 aliphatic heterocycles. The molecule has 0 N–H and O–H groups in total. The number of ether oxygens (including phenoxy) is 1. The number of methoxy groups -OCH3 is 1. The largest absolute Gasteiger partial charge is 0.496 e. The van der Waals surface area contributed by atoms with E-state index in [1.807, 2.05) is 0 Å². The minimum absolute atomic E-state index is 0.431. The summed E-state index contributed by atoms with van der Waals surface area (Å²) < 4.78 is 5.44. The molecule has 0 amide bonds. The summed E-state index contributed by atoms with van der Waals surface area (Å²) in [5.74, 6) is 1.88. The third kappa shape index (κ3) is 2.40. The Balaban J connectivity index is 2.15. The van der Waals surface area contributed by atoms with Crippen LogP contribution in [-0.4, -0.2) is 7.11 Å². The summed E-state index contributed by atoms with van der Waals surface area (Å²) in [4.78, 5) is 0. The first-order valence-corrected chi connectivity index (χ1v) is 6.14. The second-order valence-electron chi connectivity index (χ2n) is 6.14. The average Bonchev–Trinajstić information content (AvgIpc) is 2.56. The molecule has 0 fully saturated rings. The second kappa shape index (κ2) is 4.12. The van der Waals surface area contributed by atoms with Gasteiger partial charge in [0.05, 0.1) is 7.11 Å². The van der Waals surface area contributed by atoms with Gasteiger partial charge in [-0.25, -0.2) is 0 Å². The van der Waals surface area contributed by atoms with Crippen LogP contribution in [0.1, 0.15) is 38.3 Å². The van der Waals surface area contributed by atoms with Crippen molar-refractivity contribution in [2.75, 3.05) is 7.11 Å². The van der Waals surface area contributed by atoms with E-state index in [9.17, 15) is 0 Å². The molecule has 1 aliphatic carbocycles. The first-order chi connectivity index (χ1) is 7.49. The normalized spacial score (nSPS) is 19.6. The van der Waals surface area contributed by atoms with Gasteiger partial charge in [-0.1, -0.05) is 32.9 Å². The van der Waals surface area contributed by atoms with Crippen molar-refractivity contribution in [2.45, 2.75) is 40.0 Å². The highest BCUT2D eigenvalue weighted by molar-refractivity contribution is 5.43. The Labute approximate surface area is 98.8 Å². The number of fused-ring (bicyclic) bond motifs is 1. The molecule has 1 aromatic carbocycles. The molecule has 0 saturated heterocycles. The highest BCUT2D eigenvalue weighted by atomic mass is 16.5. The first kappa shape index (κ1) is 11.5. The molecule has 1 aliphatic rings. The minimum atomic E-state index is 0.431. The zero-order valence-corrected chi connectivity index (χ0v) is 10.8. The van der Waals surface area contributed by atoms with Crippen molar-refractivity contribution in [3.63, 3.8) is 0 Å². The number of rotatable bonds is 2. The molecule has 1 atom stereocenters. The van der Waals surface area contributed by atoms with Gasteiger partial charge in [0.1, 0.15) is 5.75 Å². The highest BCUT2D eigenvalue weighted by Gasteiger charge is 2.27. The number of benzene rings is 1. The van der Waals surface area contributed by atoms with Crippen LogP contribution in [-0.2, 0) is 12.8 Å². The van der Waals surface area contributed by atoms with Crippen molar-refractivity contribution in [3.8, 4) is 5.75 Å². The van der Waals surface area contributed by atoms with Gasteiger partial charge in [-0.15, -0.1) is 0 Å². The molecule has 1 aromatic rings. The van der Waals surface area contributed by atoms with E-state index in [4.69, 9.17) is 4.74 Å². The predicted octanol–water partition coefficient (Wildman–Crippen LogP) is 3.85. The van der Waals surface area contributed by atoms with Crippen LogP contribution in [0.5, 0.6) is 5.75 Å². The standard InChI is InChI=1S/C15H22O/c1-15(2,3)10-11-8-12-6-5-7-14(16-4)13(12)9-11/h5-7,11H,8-10H2,1-4H3. The van der Waals surface area contributed by atoms with Gasteiger partial charge < -0.3 is 4.74 Å². The maximum atomic E-state index is 5.44. The fourth-order valence-corrected chi connectivity index (χ4v) is 2.91. The predicted molar refractivity (Wildman–Crippen MR) is 68.0 cm³/mol. The summed E-state index contributed by atoms with van der Waals surface area (Å²) in [7, 11) is 1.77. The molecule has 0 saturated carbocycles. The Kier molecular flexibility index (Phi) is 2.96. The Morgan fingerprint density at radius 2 is 2.00 bits per heavy atom. The Morgan fingerprint density at radius 1 is 1.25 bits per heavy atom. The highest BCUT2D eigenvalue weighted by Crippen LogP contribution is 2.38. The molecule has 1 unspecified atom stereocenters. The third-order valence-electron chi connectivity index (χ3n) is 3.35. The van der Waals surface area contributed by atoms with E-state index in [0.29, 0.717) is 5.41 Å². The smallest absolute Gasteiger partial charge is 0.122 e. The molecule has 0 spiro atoms. The van der Waals surface area contributed by atoms with E-state index in [2.05, 4.69) is 39.0 Å². The molecular weight excluding hydrogens is 196 g/mol. The van der Waals surface area contributed by atoms with Gasteiger partial charge in [-0.3, -0.25) is 0 Å². The SMILES string of the molecule is COc1cccc2c1CC(CC(C)(C)C)C2. The minimum Gasteiger partial charge on any atom is -0.496 e. The average molecular weight is 218 g/mol. The Morgan fingerprint density at radius 3 is 2.62 bits per heavy atom. The Bertz CT molecular complexity index is 374. The number of hydrogen-bond acceptors (Lipinski definition) is 1. The summed E-state index contributed by atoms with van der Waals surface area (Å²) >= 11 is 0. The molecule has 2 rings (SSSR count). The van der Waals surface area contributed by atoms with E-state index in [1.54, 1.807) is 7.11 Å². The maximum absolute atomic E-state index is 5.44. The van der Waals surface area contributed by atoms with Gasteiger partial charge in [0.25, 0.3) is 0 Å². The Hall–Kier alpha value is -0.980. The van der Waals surface area contributed by atoms with Gasteiger partial charge >= 0.3 is 0 Å². The maximum Gasteiger partial charge on any atom is 0.122 e. The molecule has 1 heteroatoms. The lowest BCUT2D eigenvalue weighted by molar-refractivity contribution is 0.299. The monoisotopic (exact) mass is 218 g/mol. The van der Waals surface area contributed by atoms with Crippen LogP contribution in [0, 0.1) is 11.3 Å². The van der Waals surface area contributed by atoms with Crippen LogP contribution in [0.2, 0.25) is 0 Å². The van der Waals surface area contributed by atoms with E-state index in [0.717, 1.165) is 11.7 Å². The van der Waals surface area contributed by atoms with Gasteiger partial charge in [-0.05, 0) is 47.8 Å². The van der Waals surface area contributed by atoms with E-state index in [1.165, 1.54) is 30.4 Å². The molecule has 0 aromatic heterocycles. The quantitative estimate of drug-likeness (QED) is 0.732. The summed E-state index contributed by atoms with van der Waals surface area (Å²) in [6.45, 7) is 6.98. The fraction of sp³-hybridized carbons (Fsp3) is 0.600. The lowest BCUT2D eigenvalue weighted by Gasteiger charge is -2.22. The lowest BCUT2D eigenvalue weighted by atomic mass is 9.83. The first-order valence-electron chi connectivity index (χ1n) is 6.14. The van der Waals surface area contributed by atoms with Crippen molar-refractivity contribution in [1.29, 1.82) is 0 Å². The van der Waals surface area contributed by atoms with Crippen LogP contribution in [0.15, 0.2) is 18.2 Å². The van der Waals surface area contributed by atoms with Gasteiger partial charge in [0, 0.05) is 0 Å². The zero-order valence-electron chi connectivity index (χ0n) is 10.8. The number of hydrogen-bond donors (Lipinski definition) is 0. The van der Waals surface area contributed by atoms with Gasteiger partial charge in [-0.2, -0.15) is 0 Å². The van der Waals surface area contributed by atoms with E-state index in [-0.39, 0.29) is 0 Å². The van der Waals surface area contributed by atoms with Crippen LogP contribution in [0.3, 0.4) is 0 Å². The van der Waals surface area contributed by atoms with Gasteiger partial charge in [0.15, 0.2) is 0 Å². The molecular formula is C15H22O. The van der Waals surface area contributed by atoms with Crippen LogP contribution in [0.4, 0.5) is 0 Å². The lowest BCUT2D eigenvalue weighted by Crippen LogP contribution is -2.13. The summed E-state index contributed by atoms with van der Waals surface area (Å²) in [6.07, 6.45) is 3.71. The molecule has 1 nitrogen and oxygen atoms in total. The van der Waals surface area contributed by atoms with Crippen molar-refractivity contribution in [2.24, 2.45) is 11.3 Å². The molecule has 88 valence electrons. The van der Waals surface area contributed by atoms with Crippen LogP contribution >= 0.6 is 0 Å². The second-order valence-corrected chi connectivity index (χ2v) is 6.14. The van der Waals surface area contributed by atoms with Crippen molar-refractivity contribution in [1.82, 2.24) is 0 Å². The van der Waals surface area contributed by atoms with Gasteiger partial charge in [0.2, 0.25) is 0 Å². The zero-order chi connectivity index (χ0) is 11.8. The molecule has 0 bridgehead atoms. The van der Waals surface area contributed by atoms with Crippen LogP contribution in [0.25, 0.3) is 0 Å². The van der Waals surface area contributed by atoms with E-state index >= 15 is 0 Å². The van der Waals surface area contributed by atoms with Crippen molar-refractivity contribution in [3.05, 3.63) is 29.3 Å². The fourth-order valence-electron chi connectivity index (χ4n) is 2.91. The third-order valence-corrected chi connectivity index (χ3v) is 3.35. The summed E-state index contributed by atoms with van der Waals surface area (Å²) in [5, 5.41) is 0. The summed E-state index contributed by atoms with van der Waals surface area (Å²) in [5.41, 5.74) is 3.37. The van der Waals surface area contributed by atoms with Crippen LogP contribution < -0.4 is 4.74 Å². The topological polar surface area (TPSA) is 9.23 Å².